The van der Waals surface area contributed by atoms with Crippen molar-refractivity contribution >= 4 is 45.1 Å². The maximum absolute atomic E-state index is 13.8. The lowest BCUT2D eigenvalue weighted by Crippen LogP contribution is -2.34. The minimum absolute atomic E-state index is 0.0328. The van der Waals surface area contributed by atoms with E-state index in [-0.39, 0.29) is 23.1 Å². The van der Waals surface area contributed by atoms with E-state index < -0.39 is 0 Å². The molecule has 2 aromatic heterocycles. The van der Waals surface area contributed by atoms with Gasteiger partial charge in [-0.2, -0.15) is 0 Å². The highest BCUT2D eigenvalue weighted by atomic mass is 32.2. The summed E-state index contributed by atoms with van der Waals surface area (Å²) in [5.74, 6) is 0.0705. The molecular weight excluding hydrogens is 504 g/mol. The second kappa shape index (κ2) is 10.9. The Kier molecular flexibility index (Phi) is 7.43. The minimum atomic E-state index is -0.117. The van der Waals surface area contributed by atoms with Gasteiger partial charge in [0, 0.05) is 24.9 Å². The number of nitrogens with one attached hydrogen (secondary N) is 1. The van der Waals surface area contributed by atoms with Crippen LogP contribution in [0.3, 0.4) is 0 Å². The molecule has 0 aliphatic carbocycles. The van der Waals surface area contributed by atoms with Gasteiger partial charge in [0.2, 0.25) is 11.8 Å². The number of hydrogen-bond donors (Lipinski definition) is 1. The van der Waals surface area contributed by atoms with Crippen molar-refractivity contribution in [3.63, 3.8) is 0 Å². The molecule has 2 aromatic carbocycles. The average molecular weight is 533 g/mol. The van der Waals surface area contributed by atoms with Crippen LogP contribution in [0, 0.1) is 6.92 Å². The molecule has 0 spiro atoms. The van der Waals surface area contributed by atoms with E-state index in [1.807, 2.05) is 61.5 Å². The Balaban J connectivity index is 1.42. The van der Waals surface area contributed by atoms with Crippen LogP contribution < -0.4 is 10.9 Å². The number of aromatic nitrogens is 2. The smallest absolute Gasteiger partial charge is 0.263 e. The average Bonchev–Trinajstić information content (AvgIpc) is 3.27. The minimum Gasteiger partial charge on any atom is -0.351 e. The molecule has 37 heavy (non-hydrogen) atoms. The molecular formula is C28H28N4O3S2. The van der Waals surface area contributed by atoms with Gasteiger partial charge in [-0.05, 0) is 30.0 Å². The summed E-state index contributed by atoms with van der Waals surface area (Å²) in [6.45, 7) is 5.54. The third-order valence-electron chi connectivity index (χ3n) is 6.50. The fourth-order valence-electron chi connectivity index (χ4n) is 4.43. The molecule has 1 aliphatic heterocycles. The Hall–Kier alpha value is -3.43. The van der Waals surface area contributed by atoms with E-state index in [1.54, 1.807) is 16.4 Å². The van der Waals surface area contributed by atoms with E-state index in [0.29, 0.717) is 48.0 Å². The van der Waals surface area contributed by atoms with Crippen molar-refractivity contribution in [3.8, 4) is 0 Å². The normalized spacial score (nSPS) is 13.0. The van der Waals surface area contributed by atoms with Gasteiger partial charge in [0.1, 0.15) is 4.83 Å². The highest BCUT2D eigenvalue weighted by molar-refractivity contribution is 7.99. The van der Waals surface area contributed by atoms with Gasteiger partial charge in [-0.3, -0.25) is 19.0 Å². The number of thioether (sulfide) groups is 1. The van der Waals surface area contributed by atoms with Crippen LogP contribution in [0.4, 0.5) is 0 Å². The van der Waals surface area contributed by atoms with Crippen LogP contribution in [0.25, 0.3) is 10.2 Å². The van der Waals surface area contributed by atoms with Crippen LogP contribution in [-0.2, 0) is 35.6 Å². The van der Waals surface area contributed by atoms with E-state index >= 15 is 0 Å². The fraction of sp³-hybridized carbons (Fsp3) is 0.286. The van der Waals surface area contributed by atoms with Crippen molar-refractivity contribution in [2.45, 2.75) is 45.1 Å². The molecule has 0 unspecified atom stereocenters. The zero-order chi connectivity index (χ0) is 25.9. The molecule has 0 bridgehead atoms. The first-order valence-electron chi connectivity index (χ1n) is 12.2. The monoisotopic (exact) mass is 532 g/mol. The Bertz CT molecular complexity index is 1510. The highest BCUT2D eigenvalue weighted by Gasteiger charge is 2.26. The number of rotatable bonds is 7. The summed E-state index contributed by atoms with van der Waals surface area (Å²) in [6.07, 6.45) is 0.644. The largest absolute Gasteiger partial charge is 0.351 e. The van der Waals surface area contributed by atoms with Gasteiger partial charge in [0.05, 0.1) is 24.2 Å². The summed E-state index contributed by atoms with van der Waals surface area (Å²) in [5.41, 5.74) is 4.11. The third-order valence-corrected chi connectivity index (χ3v) is 8.58. The van der Waals surface area contributed by atoms with Gasteiger partial charge < -0.3 is 10.2 Å². The summed E-state index contributed by atoms with van der Waals surface area (Å²) in [6, 6.07) is 17.8. The molecule has 4 aromatic rings. The molecule has 2 amide bonds. The quantitative estimate of drug-likeness (QED) is 0.286. The maximum atomic E-state index is 13.8. The maximum Gasteiger partial charge on any atom is 0.263 e. The van der Waals surface area contributed by atoms with Crippen molar-refractivity contribution in [2.24, 2.45) is 0 Å². The van der Waals surface area contributed by atoms with E-state index in [1.165, 1.54) is 28.7 Å². The zero-order valence-electron chi connectivity index (χ0n) is 20.8. The molecule has 0 saturated carbocycles. The SMILES string of the molecule is CC(=O)N1CCc2c(sc3nc(SCC(=O)NCc4ccc(C)cc4)n(Cc4ccccc4)c(=O)c23)C1. The van der Waals surface area contributed by atoms with E-state index in [4.69, 9.17) is 4.98 Å². The first-order chi connectivity index (χ1) is 17.9. The summed E-state index contributed by atoms with van der Waals surface area (Å²) in [5, 5.41) is 4.12. The van der Waals surface area contributed by atoms with Gasteiger partial charge in [-0.15, -0.1) is 11.3 Å². The predicted molar refractivity (Wildman–Crippen MR) is 148 cm³/mol. The first-order valence-corrected chi connectivity index (χ1v) is 14.0. The molecule has 9 heteroatoms. The van der Waals surface area contributed by atoms with Crippen molar-refractivity contribution in [1.29, 1.82) is 0 Å². The molecule has 1 aliphatic rings. The summed E-state index contributed by atoms with van der Waals surface area (Å²) in [7, 11) is 0. The molecule has 0 saturated heterocycles. The number of nitrogens with zero attached hydrogens (tertiary/aromatic N) is 3. The standard InChI is InChI=1S/C28H28N4O3S2/c1-18-8-10-20(11-9-18)14-29-24(34)17-36-28-30-26-25(22-12-13-31(19(2)33)16-23(22)37-26)27(35)32(28)15-21-6-4-3-5-7-21/h3-11H,12-17H2,1-2H3,(H,29,34). The fourth-order valence-corrected chi connectivity index (χ4v) is 6.53. The number of hydrogen-bond acceptors (Lipinski definition) is 6. The van der Waals surface area contributed by atoms with Crippen molar-refractivity contribution in [1.82, 2.24) is 19.8 Å². The number of fused-ring (bicyclic) bond motifs is 3. The molecule has 0 radical (unpaired) electrons. The number of aryl methyl sites for hydroxylation is 1. The Morgan fingerprint density at radius 2 is 1.84 bits per heavy atom. The van der Waals surface area contributed by atoms with Crippen LogP contribution in [-0.4, -0.2) is 38.6 Å². The second-order valence-corrected chi connectivity index (χ2v) is 11.2. The summed E-state index contributed by atoms with van der Waals surface area (Å²) >= 11 is 2.75. The number of thiophene rings is 1. The lowest BCUT2D eigenvalue weighted by molar-refractivity contribution is -0.129. The lowest BCUT2D eigenvalue weighted by Gasteiger charge is -2.25. The van der Waals surface area contributed by atoms with Gasteiger partial charge in [-0.1, -0.05) is 71.9 Å². The van der Waals surface area contributed by atoms with Crippen LogP contribution in [0.2, 0.25) is 0 Å². The van der Waals surface area contributed by atoms with Crippen LogP contribution in [0.5, 0.6) is 0 Å². The number of amides is 2. The Labute approximate surface area is 223 Å². The zero-order valence-corrected chi connectivity index (χ0v) is 22.5. The predicted octanol–water partition coefficient (Wildman–Crippen LogP) is 4.13. The van der Waals surface area contributed by atoms with Crippen LogP contribution in [0.1, 0.15) is 34.1 Å². The third kappa shape index (κ3) is 5.62. The summed E-state index contributed by atoms with van der Waals surface area (Å²) in [4.78, 5) is 46.7. The van der Waals surface area contributed by atoms with E-state index in [2.05, 4.69) is 5.32 Å². The first kappa shape index (κ1) is 25.2. The highest BCUT2D eigenvalue weighted by Crippen LogP contribution is 2.34. The topological polar surface area (TPSA) is 84.3 Å². The van der Waals surface area contributed by atoms with Gasteiger partial charge in [0.25, 0.3) is 5.56 Å². The van der Waals surface area contributed by atoms with Gasteiger partial charge in [-0.25, -0.2) is 4.98 Å². The van der Waals surface area contributed by atoms with Crippen molar-refractivity contribution < 1.29 is 9.59 Å². The number of carbonyl (C=O) groups excluding carboxylic acids is 2. The molecule has 0 fully saturated rings. The Morgan fingerprint density at radius 1 is 1.08 bits per heavy atom. The molecule has 0 atom stereocenters. The lowest BCUT2D eigenvalue weighted by atomic mass is 10.1. The second-order valence-electron chi connectivity index (χ2n) is 9.20. The van der Waals surface area contributed by atoms with Crippen LogP contribution >= 0.6 is 23.1 Å². The number of carbonyl (C=O) groups is 2. The molecule has 7 nitrogen and oxygen atoms in total. The van der Waals surface area contributed by atoms with Gasteiger partial charge >= 0.3 is 0 Å². The molecule has 190 valence electrons. The van der Waals surface area contributed by atoms with Crippen LogP contribution in [0.15, 0.2) is 64.5 Å². The summed E-state index contributed by atoms with van der Waals surface area (Å²) < 4.78 is 1.68. The van der Waals surface area contributed by atoms with Crippen molar-refractivity contribution in [2.75, 3.05) is 12.3 Å². The molecule has 5 rings (SSSR count). The Morgan fingerprint density at radius 3 is 2.57 bits per heavy atom. The molecule has 3 heterocycles. The van der Waals surface area contributed by atoms with Crippen molar-refractivity contribution in [3.05, 3.63) is 92.1 Å². The number of benzene rings is 2. The van der Waals surface area contributed by atoms with E-state index in [9.17, 15) is 14.4 Å². The molecule has 1 N–H and O–H groups in total. The van der Waals surface area contributed by atoms with E-state index in [0.717, 1.165) is 21.6 Å². The van der Waals surface area contributed by atoms with Gasteiger partial charge in [0.15, 0.2) is 5.16 Å².